The van der Waals surface area contributed by atoms with Gasteiger partial charge in [0.15, 0.2) is 0 Å². The zero-order valence-corrected chi connectivity index (χ0v) is 11.6. The Balaban J connectivity index is 2.10. The number of hydrogen-bond donors (Lipinski definition) is 1. The first kappa shape index (κ1) is 13.8. The van der Waals surface area contributed by atoms with Crippen LogP contribution in [0.5, 0.6) is 5.75 Å². The number of nitrogen functional groups attached to an aromatic ring is 1. The molecule has 0 amide bonds. The van der Waals surface area contributed by atoms with Crippen LogP contribution in [0.15, 0.2) is 42.5 Å². The second-order valence-electron chi connectivity index (χ2n) is 4.71. The van der Waals surface area contributed by atoms with Crippen LogP contribution in [-0.4, -0.2) is 14.1 Å². The summed E-state index contributed by atoms with van der Waals surface area (Å²) in [6, 6.07) is 15.1. The summed E-state index contributed by atoms with van der Waals surface area (Å²) in [5.41, 5.74) is 9.20. The number of benzene rings is 2. The molecule has 0 bridgehead atoms. The van der Waals surface area contributed by atoms with E-state index in [-0.39, 0.29) is 0 Å². The molecule has 20 heavy (non-hydrogen) atoms. The van der Waals surface area contributed by atoms with Crippen LogP contribution in [0.1, 0.15) is 11.1 Å². The van der Waals surface area contributed by atoms with E-state index in [0.717, 1.165) is 11.3 Å². The van der Waals surface area contributed by atoms with Crippen molar-refractivity contribution in [3.63, 3.8) is 0 Å². The zero-order chi connectivity index (χ0) is 14.5. The molecule has 0 unspecified atom stereocenters. The lowest BCUT2D eigenvalue weighted by molar-refractivity contribution is 0.308. The van der Waals surface area contributed by atoms with Crippen molar-refractivity contribution in [3.05, 3.63) is 53.6 Å². The van der Waals surface area contributed by atoms with E-state index in [1.54, 1.807) is 12.1 Å². The molecular weight excluding hydrogens is 250 g/mol. The number of hydrogen-bond acceptors (Lipinski definition) is 4. The Morgan fingerprint density at radius 1 is 1.15 bits per heavy atom. The third kappa shape index (κ3) is 3.21. The molecule has 2 aromatic rings. The molecule has 0 radical (unpaired) electrons. The molecule has 0 spiro atoms. The fraction of sp³-hybridized carbons (Fsp3) is 0.188. The summed E-state index contributed by atoms with van der Waals surface area (Å²) in [4.78, 5) is 1.99. The first-order valence-corrected chi connectivity index (χ1v) is 6.29. The number of anilines is 2. The van der Waals surface area contributed by atoms with Gasteiger partial charge in [0.05, 0.1) is 17.3 Å². The maximum Gasteiger partial charge on any atom is 0.144 e. The van der Waals surface area contributed by atoms with Crippen LogP contribution in [0.3, 0.4) is 0 Å². The Kier molecular flexibility index (Phi) is 4.11. The normalized spacial score (nSPS) is 9.85. The van der Waals surface area contributed by atoms with Crippen molar-refractivity contribution >= 4 is 11.4 Å². The van der Waals surface area contributed by atoms with Crippen LogP contribution in [-0.2, 0) is 6.61 Å². The van der Waals surface area contributed by atoms with E-state index in [0.29, 0.717) is 23.6 Å². The molecule has 0 aliphatic heterocycles. The van der Waals surface area contributed by atoms with Crippen LogP contribution < -0.4 is 15.4 Å². The lowest BCUT2D eigenvalue weighted by Gasteiger charge is -2.15. The highest BCUT2D eigenvalue weighted by Gasteiger charge is 2.04. The number of nitrogens with zero attached hydrogens (tertiary/aromatic N) is 2. The molecule has 2 rings (SSSR count). The highest BCUT2D eigenvalue weighted by molar-refractivity contribution is 5.61. The molecule has 0 aromatic heterocycles. The molecule has 102 valence electrons. The average molecular weight is 267 g/mol. The van der Waals surface area contributed by atoms with Gasteiger partial charge < -0.3 is 15.4 Å². The number of ether oxygens (including phenoxy) is 1. The van der Waals surface area contributed by atoms with E-state index in [1.165, 1.54) is 0 Å². The van der Waals surface area contributed by atoms with Crippen LogP contribution in [0.4, 0.5) is 11.4 Å². The van der Waals surface area contributed by atoms with Crippen molar-refractivity contribution in [1.82, 2.24) is 0 Å². The van der Waals surface area contributed by atoms with Gasteiger partial charge in [-0.05, 0) is 29.8 Å². The zero-order valence-electron chi connectivity index (χ0n) is 11.6. The van der Waals surface area contributed by atoms with Gasteiger partial charge in [0.1, 0.15) is 12.4 Å². The van der Waals surface area contributed by atoms with Gasteiger partial charge in [-0.15, -0.1) is 0 Å². The van der Waals surface area contributed by atoms with E-state index >= 15 is 0 Å². The van der Waals surface area contributed by atoms with Crippen LogP contribution >= 0.6 is 0 Å². The minimum Gasteiger partial charge on any atom is -0.487 e. The fourth-order valence-electron chi connectivity index (χ4n) is 1.76. The van der Waals surface area contributed by atoms with E-state index < -0.39 is 0 Å². The van der Waals surface area contributed by atoms with Crippen molar-refractivity contribution in [3.8, 4) is 11.8 Å². The third-order valence-electron chi connectivity index (χ3n) is 2.99. The molecule has 4 nitrogen and oxygen atoms in total. The third-order valence-corrected chi connectivity index (χ3v) is 2.99. The van der Waals surface area contributed by atoms with Crippen molar-refractivity contribution < 1.29 is 4.74 Å². The van der Waals surface area contributed by atoms with E-state index in [4.69, 9.17) is 15.7 Å². The summed E-state index contributed by atoms with van der Waals surface area (Å²) >= 11 is 0. The van der Waals surface area contributed by atoms with E-state index in [1.807, 2.05) is 49.3 Å². The van der Waals surface area contributed by atoms with Gasteiger partial charge in [-0.1, -0.05) is 12.1 Å². The van der Waals surface area contributed by atoms with E-state index in [9.17, 15) is 0 Å². The minimum absolute atomic E-state index is 0.423. The Labute approximate surface area is 119 Å². The fourth-order valence-corrected chi connectivity index (χ4v) is 1.76. The van der Waals surface area contributed by atoms with Crippen molar-refractivity contribution in [1.29, 1.82) is 5.26 Å². The van der Waals surface area contributed by atoms with Gasteiger partial charge in [0.2, 0.25) is 0 Å². The SMILES string of the molecule is CN(C)c1ccc(N)c(OCc2ccc(C#N)cc2)c1. The lowest BCUT2D eigenvalue weighted by Crippen LogP contribution is -2.09. The van der Waals surface area contributed by atoms with E-state index in [2.05, 4.69) is 6.07 Å². The molecule has 4 heteroatoms. The lowest BCUT2D eigenvalue weighted by atomic mass is 10.1. The molecule has 0 atom stereocenters. The number of rotatable bonds is 4. The highest BCUT2D eigenvalue weighted by atomic mass is 16.5. The molecule has 2 N–H and O–H groups in total. The summed E-state index contributed by atoms with van der Waals surface area (Å²) in [7, 11) is 3.94. The maximum absolute atomic E-state index is 8.75. The Morgan fingerprint density at radius 2 is 1.85 bits per heavy atom. The Morgan fingerprint density at radius 3 is 2.45 bits per heavy atom. The van der Waals surface area contributed by atoms with Gasteiger partial charge in [0, 0.05) is 25.8 Å². The summed E-state index contributed by atoms with van der Waals surface area (Å²) in [5.74, 6) is 0.667. The molecule has 0 saturated heterocycles. The second-order valence-corrected chi connectivity index (χ2v) is 4.71. The second kappa shape index (κ2) is 5.98. The van der Waals surface area contributed by atoms with Crippen molar-refractivity contribution in [2.24, 2.45) is 0 Å². The summed E-state index contributed by atoms with van der Waals surface area (Å²) in [6.07, 6.45) is 0. The summed E-state index contributed by atoms with van der Waals surface area (Å²) < 4.78 is 5.75. The largest absolute Gasteiger partial charge is 0.487 e. The predicted octanol–water partition coefficient (Wildman–Crippen LogP) is 2.79. The van der Waals surface area contributed by atoms with Gasteiger partial charge in [0.25, 0.3) is 0 Å². The molecule has 0 aliphatic carbocycles. The standard InChI is InChI=1S/C16H17N3O/c1-19(2)14-7-8-15(18)16(9-14)20-11-13-5-3-12(10-17)4-6-13/h3-9H,11,18H2,1-2H3. The first-order valence-electron chi connectivity index (χ1n) is 6.29. The Hall–Kier alpha value is -2.67. The smallest absolute Gasteiger partial charge is 0.144 e. The molecule has 0 heterocycles. The van der Waals surface area contributed by atoms with Crippen molar-refractivity contribution in [2.75, 3.05) is 24.7 Å². The average Bonchev–Trinajstić information content (AvgIpc) is 2.46. The summed E-state index contributed by atoms with van der Waals surface area (Å²) in [5, 5.41) is 8.75. The molecule has 0 aliphatic rings. The first-order chi connectivity index (χ1) is 9.60. The molecule has 2 aromatic carbocycles. The predicted molar refractivity (Wildman–Crippen MR) is 80.7 cm³/mol. The number of nitrogens with two attached hydrogens (primary N) is 1. The van der Waals surface area contributed by atoms with Crippen LogP contribution in [0.2, 0.25) is 0 Å². The number of nitriles is 1. The highest BCUT2D eigenvalue weighted by Crippen LogP contribution is 2.27. The van der Waals surface area contributed by atoms with Crippen molar-refractivity contribution in [2.45, 2.75) is 6.61 Å². The molecular formula is C16H17N3O. The van der Waals surface area contributed by atoms with Gasteiger partial charge >= 0.3 is 0 Å². The van der Waals surface area contributed by atoms with Gasteiger partial charge in [-0.2, -0.15) is 5.26 Å². The summed E-state index contributed by atoms with van der Waals surface area (Å²) in [6.45, 7) is 0.423. The Bertz CT molecular complexity index is 627. The quantitative estimate of drug-likeness (QED) is 0.865. The minimum atomic E-state index is 0.423. The van der Waals surface area contributed by atoms with Crippen LogP contribution in [0.25, 0.3) is 0 Å². The topological polar surface area (TPSA) is 62.3 Å². The van der Waals surface area contributed by atoms with Gasteiger partial charge in [-0.3, -0.25) is 0 Å². The van der Waals surface area contributed by atoms with Gasteiger partial charge in [-0.25, -0.2) is 0 Å². The van der Waals surface area contributed by atoms with Crippen LogP contribution in [0, 0.1) is 11.3 Å². The molecule has 0 saturated carbocycles. The molecule has 0 fully saturated rings. The maximum atomic E-state index is 8.75. The monoisotopic (exact) mass is 267 g/mol.